The van der Waals surface area contributed by atoms with E-state index in [0.29, 0.717) is 19.4 Å². The predicted octanol–water partition coefficient (Wildman–Crippen LogP) is 2.58. The summed E-state index contributed by atoms with van der Waals surface area (Å²) in [6, 6.07) is 0.870. The smallest absolute Gasteiger partial charge is 0.410 e. The minimum atomic E-state index is -1.05. The van der Waals surface area contributed by atoms with Crippen molar-refractivity contribution >= 4 is 18.0 Å². The number of rotatable bonds is 6. The fraction of sp³-hybridized carbons (Fsp3) is 0.778. The molecule has 8 heteroatoms. The minimum Gasteiger partial charge on any atom is -0.426 e. The van der Waals surface area contributed by atoms with Gasteiger partial charge in [0.25, 0.3) is 0 Å². The Bertz CT molecular complexity index is 517. The van der Waals surface area contributed by atoms with Crippen LogP contribution >= 0.6 is 0 Å². The second-order valence-electron chi connectivity index (χ2n) is 5.91. The predicted molar refractivity (Wildman–Crippen MR) is 95.8 cm³/mol. The van der Waals surface area contributed by atoms with Crippen LogP contribution in [0, 0.1) is 17.2 Å². The average Bonchev–Trinajstić information content (AvgIpc) is 3.08. The first-order chi connectivity index (χ1) is 12.3. The normalized spacial score (nSPS) is 19.1. The van der Waals surface area contributed by atoms with Gasteiger partial charge >= 0.3 is 12.1 Å². The maximum Gasteiger partial charge on any atom is 0.410 e. The molecular formula is C18H31N3O5. The Morgan fingerprint density at radius 1 is 1.27 bits per heavy atom. The second kappa shape index (κ2) is 12.1. The summed E-state index contributed by atoms with van der Waals surface area (Å²) < 4.78 is 9.65. The Morgan fingerprint density at radius 2 is 1.88 bits per heavy atom. The molecule has 0 aliphatic carbocycles. The zero-order chi connectivity index (χ0) is 20.3. The lowest BCUT2D eigenvalue weighted by molar-refractivity contribution is -0.162. The number of carbonyl (C=O) groups is 3. The van der Waals surface area contributed by atoms with E-state index in [-0.39, 0.29) is 11.8 Å². The summed E-state index contributed by atoms with van der Waals surface area (Å²) in [6.07, 6.45) is 0.194. The first kappa shape index (κ1) is 23.7. The highest BCUT2D eigenvalue weighted by Crippen LogP contribution is 2.20. The van der Waals surface area contributed by atoms with Gasteiger partial charge in [0.2, 0.25) is 12.2 Å². The molecule has 0 aromatic carbocycles. The van der Waals surface area contributed by atoms with Gasteiger partial charge in [-0.15, -0.1) is 0 Å². The molecule has 26 heavy (non-hydrogen) atoms. The van der Waals surface area contributed by atoms with Gasteiger partial charge in [0.1, 0.15) is 12.1 Å². The van der Waals surface area contributed by atoms with Crippen molar-refractivity contribution in [1.82, 2.24) is 10.2 Å². The van der Waals surface area contributed by atoms with Gasteiger partial charge in [-0.2, -0.15) is 5.26 Å². The topological polar surface area (TPSA) is 109 Å². The molecule has 1 N–H and O–H groups in total. The van der Waals surface area contributed by atoms with Crippen LogP contribution < -0.4 is 5.32 Å². The molecule has 0 aromatic rings. The number of hydrogen-bond acceptors (Lipinski definition) is 6. The lowest BCUT2D eigenvalue weighted by Gasteiger charge is -2.29. The molecule has 4 unspecified atom stereocenters. The van der Waals surface area contributed by atoms with Crippen molar-refractivity contribution in [2.45, 2.75) is 79.2 Å². The van der Waals surface area contributed by atoms with Gasteiger partial charge in [-0.25, -0.2) is 4.79 Å². The second-order valence-corrected chi connectivity index (χ2v) is 5.91. The Labute approximate surface area is 155 Å². The SMILES string of the molecule is CC.CCC(C)C(NC(=O)OC(C)OC(C)=O)C(=O)N1CCCC1C#N. The maximum atomic E-state index is 12.7. The van der Waals surface area contributed by atoms with Crippen LogP contribution in [0.25, 0.3) is 0 Å². The lowest BCUT2D eigenvalue weighted by Crippen LogP contribution is -2.53. The van der Waals surface area contributed by atoms with E-state index in [9.17, 15) is 14.4 Å². The van der Waals surface area contributed by atoms with Crippen LogP contribution in [-0.4, -0.2) is 47.8 Å². The molecule has 1 aliphatic heterocycles. The van der Waals surface area contributed by atoms with Crippen molar-refractivity contribution in [2.75, 3.05) is 6.54 Å². The van der Waals surface area contributed by atoms with Crippen LogP contribution in [0.1, 0.15) is 60.8 Å². The Kier molecular flexibility index (Phi) is 11.0. The standard InChI is InChI=1S/C16H25N3O5.C2H6/c1-5-10(2)14(15(21)19-8-6-7-13(19)9-17)18-16(22)24-12(4)23-11(3)20;1-2/h10,12-14H,5-8H2,1-4H3,(H,18,22);1-2H3. The van der Waals surface area contributed by atoms with Gasteiger partial charge in [-0.1, -0.05) is 34.1 Å². The van der Waals surface area contributed by atoms with Crippen LogP contribution in [-0.2, 0) is 19.1 Å². The molecule has 2 amide bonds. The van der Waals surface area contributed by atoms with Crippen LogP contribution in [0.5, 0.6) is 0 Å². The maximum absolute atomic E-state index is 12.7. The third kappa shape index (κ3) is 7.30. The molecule has 148 valence electrons. The average molecular weight is 369 g/mol. The summed E-state index contributed by atoms with van der Waals surface area (Å²) in [7, 11) is 0. The number of amides is 2. The van der Waals surface area contributed by atoms with Crippen molar-refractivity contribution in [3.05, 3.63) is 0 Å². The minimum absolute atomic E-state index is 0.131. The van der Waals surface area contributed by atoms with Crippen molar-refractivity contribution < 1.29 is 23.9 Å². The van der Waals surface area contributed by atoms with Crippen molar-refractivity contribution in [3.8, 4) is 6.07 Å². The molecule has 1 heterocycles. The number of nitrogens with one attached hydrogen (secondary N) is 1. The molecule has 1 saturated heterocycles. The molecule has 0 saturated carbocycles. The molecule has 8 nitrogen and oxygen atoms in total. The fourth-order valence-corrected chi connectivity index (χ4v) is 2.60. The number of ether oxygens (including phenoxy) is 2. The number of carbonyl (C=O) groups excluding carboxylic acids is 3. The molecular weight excluding hydrogens is 338 g/mol. The van der Waals surface area contributed by atoms with E-state index in [2.05, 4.69) is 11.4 Å². The van der Waals surface area contributed by atoms with Crippen molar-refractivity contribution in [2.24, 2.45) is 5.92 Å². The largest absolute Gasteiger partial charge is 0.426 e. The van der Waals surface area contributed by atoms with E-state index in [1.54, 1.807) is 0 Å². The van der Waals surface area contributed by atoms with Crippen LogP contribution in [0.4, 0.5) is 4.79 Å². The van der Waals surface area contributed by atoms with E-state index in [4.69, 9.17) is 14.7 Å². The first-order valence-corrected chi connectivity index (χ1v) is 9.14. The van der Waals surface area contributed by atoms with Crippen LogP contribution in [0.2, 0.25) is 0 Å². The van der Waals surface area contributed by atoms with Gasteiger partial charge in [0.05, 0.1) is 6.07 Å². The summed E-state index contributed by atoms with van der Waals surface area (Å²) in [5.74, 6) is -0.988. The lowest BCUT2D eigenvalue weighted by atomic mass is 9.97. The monoisotopic (exact) mass is 369 g/mol. The first-order valence-electron chi connectivity index (χ1n) is 9.14. The van der Waals surface area contributed by atoms with Crippen LogP contribution in [0.15, 0.2) is 0 Å². The fourth-order valence-electron chi connectivity index (χ4n) is 2.60. The van der Waals surface area contributed by atoms with Crippen molar-refractivity contribution in [3.63, 3.8) is 0 Å². The van der Waals surface area contributed by atoms with Gasteiger partial charge in [-0.3, -0.25) is 9.59 Å². The quantitative estimate of drug-likeness (QED) is 0.569. The zero-order valence-corrected chi connectivity index (χ0v) is 16.6. The zero-order valence-electron chi connectivity index (χ0n) is 16.6. The highest BCUT2D eigenvalue weighted by Gasteiger charge is 2.36. The van der Waals surface area contributed by atoms with E-state index < -0.39 is 30.4 Å². The Hall–Kier alpha value is -2.30. The number of alkyl carbamates (subject to hydrolysis) is 1. The van der Waals surface area contributed by atoms with E-state index in [0.717, 1.165) is 6.42 Å². The van der Waals surface area contributed by atoms with E-state index >= 15 is 0 Å². The summed E-state index contributed by atoms with van der Waals surface area (Å²) in [6.45, 7) is 10.9. The third-order valence-corrected chi connectivity index (χ3v) is 4.04. The summed E-state index contributed by atoms with van der Waals surface area (Å²) in [4.78, 5) is 37.1. The number of esters is 1. The Balaban J connectivity index is 0.00000301. The number of hydrogen-bond donors (Lipinski definition) is 1. The molecule has 1 fully saturated rings. The molecule has 0 aromatic heterocycles. The van der Waals surface area contributed by atoms with Crippen molar-refractivity contribution in [1.29, 1.82) is 5.26 Å². The summed E-state index contributed by atoms with van der Waals surface area (Å²) >= 11 is 0. The van der Waals surface area contributed by atoms with Gasteiger partial charge in [-0.05, 0) is 18.8 Å². The van der Waals surface area contributed by atoms with Crippen LogP contribution in [0.3, 0.4) is 0 Å². The number of nitriles is 1. The highest BCUT2D eigenvalue weighted by molar-refractivity contribution is 5.86. The summed E-state index contributed by atoms with van der Waals surface area (Å²) in [5, 5.41) is 11.7. The molecule has 0 bridgehead atoms. The molecule has 0 radical (unpaired) electrons. The molecule has 4 atom stereocenters. The number of likely N-dealkylation sites (tertiary alicyclic amines) is 1. The molecule has 1 rings (SSSR count). The van der Waals surface area contributed by atoms with Gasteiger partial charge < -0.3 is 19.7 Å². The highest BCUT2D eigenvalue weighted by atomic mass is 16.7. The van der Waals surface area contributed by atoms with Gasteiger partial charge in [0, 0.05) is 20.4 Å². The van der Waals surface area contributed by atoms with E-state index in [1.807, 2.05) is 27.7 Å². The Morgan fingerprint density at radius 3 is 2.38 bits per heavy atom. The summed E-state index contributed by atoms with van der Waals surface area (Å²) in [5.41, 5.74) is 0. The third-order valence-electron chi connectivity index (χ3n) is 4.04. The number of nitrogens with zero attached hydrogens (tertiary/aromatic N) is 2. The van der Waals surface area contributed by atoms with Gasteiger partial charge in [0.15, 0.2) is 0 Å². The molecule has 0 spiro atoms. The van der Waals surface area contributed by atoms with E-state index in [1.165, 1.54) is 18.7 Å². The molecule has 1 aliphatic rings.